The van der Waals surface area contributed by atoms with Gasteiger partial charge < -0.3 is 5.73 Å². The lowest BCUT2D eigenvalue weighted by Gasteiger charge is -2.35. The van der Waals surface area contributed by atoms with Gasteiger partial charge in [-0.2, -0.15) is 0 Å². The molecule has 5 aromatic rings. The third-order valence-electron chi connectivity index (χ3n) is 9.73. The van der Waals surface area contributed by atoms with E-state index < -0.39 is 5.41 Å². The van der Waals surface area contributed by atoms with Gasteiger partial charge in [-0.15, -0.1) is 0 Å². The molecule has 3 aliphatic rings. The Morgan fingerprint density at radius 1 is 0.767 bits per heavy atom. The van der Waals surface area contributed by atoms with Gasteiger partial charge in [0.15, 0.2) is 0 Å². The summed E-state index contributed by atoms with van der Waals surface area (Å²) < 4.78 is 0. The summed E-state index contributed by atoms with van der Waals surface area (Å²) in [4.78, 5) is 0. The minimum atomic E-state index is -0.391. The van der Waals surface area contributed by atoms with Gasteiger partial charge >= 0.3 is 0 Å². The molecule has 1 nitrogen and oxygen atoms in total. The van der Waals surface area contributed by atoms with E-state index in [9.17, 15) is 0 Å². The van der Waals surface area contributed by atoms with E-state index in [0.29, 0.717) is 12.5 Å². The predicted octanol–water partition coefficient (Wildman–Crippen LogP) is 8.18. The third-order valence-corrected chi connectivity index (χ3v) is 9.73. The van der Waals surface area contributed by atoms with Crippen molar-refractivity contribution >= 4 is 28.5 Å². The Morgan fingerprint density at radius 3 is 2.47 bits per heavy atom. The van der Waals surface area contributed by atoms with Crippen LogP contribution in [0.2, 0.25) is 0 Å². The van der Waals surface area contributed by atoms with Crippen LogP contribution in [0.25, 0.3) is 39.6 Å². The zero-order valence-electron chi connectivity index (χ0n) is 24.6. The number of rotatable bonds is 4. The fraction of sp³-hybridized carbons (Fsp3) is 0.143. The maximum atomic E-state index is 6.34. The highest BCUT2D eigenvalue weighted by atomic mass is 14.5. The first kappa shape index (κ1) is 25.9. The number of nitrogens with two attached hydrogens (primary N) is 1. The smallest absolute Gasteiger partial charge is 0.0679 e. The standard InChI is InChI=1S/C42H35N/c1-28-18-19-31-25-33(27-43)38(26-32(31)24-28)30-11-9-14-35(22-20-30)42(34-12-3-2-4-13-34)39-17-8-7-16-37(39)41-36-15-6-5-10-29(36)21-23-40(41)42/h2-13,15-17,19-26,28H,14,18,27,43H2,1H3. The lowest BCUT2D eigenvalue weighted by atomic mass is 9.66. The van der Waals surface area contributed by atoms with Crippen LogP contribution in [-0.4, -0.2) is 0 Å². The molecule has 0 aliphatic heterocycles. The molecular formula is C42H35N. The summed E-state index contributed by atoms with van der Waals surface area (Å²) in [7, 11) is 0. The highest BCUT2D eigenvalue weighted by molar-refractivity contribution is 6.04. The number of hydrogen-bond acceptors (Lipinski definition) is 1. The molecule has 0 saturated carbocycles. The van der Waals surface area contributed by atoms with Gasteiger partial charge in [0.1, 0.15) is 0 Å². The average molecular weight is 554 g/mol. The van der Waals surface area contributed by atoms with Gasteiger partial charge in [-0.05, 0) is 102 Å². The fourth-order valence-electron chi connectivity index (χ4n) is 7.79. The third kappa shape index (κ3) is 3.96. The lowest BCUT2D eigenvalue weighted by molar-refractivity contribution is 0.727. The monoisotopic (exact) mass is 553 g/mol. The van der Waals surface area contributed by atoms with Crippen LogP contribution in [0.4, 0.5) is 0 Å². The fourth-order valence-corrected chi connectivity index (χ4v) is 7.79. The maximum absolute atomic E-state index is 6.34. The first-order valence-corrected chi connectivity index (χ1v) is 15.5. The van der Waals surface area contributed by atoms with E-state index in [2.05, 4.69) is 147 Å². The molecule has 208 valence electrons. The summed E-state index contributed by atoms with van der Waals surface area (Å²) in [5, 5.41) is 5.23. The van der Waals surface area contributed by atoms with Crippen molar-refractivity contribution in [2.45, 2.75) is 31.7 Å². The molecule has 43 heavy (non-hydrogen) atoms. The van der Waals surface area contributed by atoms with Gasteiger partial charge in [-0.1, -0.05) is 134 Å². The normalized spacial score (nSPS) is 20.2. The van der Waals surface area contributed by atoms with Gasteiger partial charge in [0.05, 0.1) is 5.41 Å². The quantitative estimate of drug-likeness (QED) is 0.239. The van der Waals surface area contributed by atoms with Gasteiger partial charge in [-0.25, -0.2) is 0 Å². The number of allylic oxidation sites excluding steroid dienone is 6. The molecule has 0 spiro atoms. The molecular weight excluding hydrogens is 518 g/mol. The van der Waals surface area contributed by atoms with Gasteiger partial charge in [0.25, 0.3) is 0 Å². The molecule has 2 unspecified atom stereocenters. The van der Waals surface area contributed by atoms with Crippen molar-refractivity contribution in [2.75, 3.05) is 0 Å². The average Bonchev–Trinajstić information content (AvgIpc) is 3.16. The van der Waals surface area contributed by atoms with E-state index in [1.165, 1.54) is 71.3 Å². The molecule has 5 aromatic carbocycles. The SMILES string of the molecule is CC1C=c2cc(C3=CC=C(C4(c5ccccc5)c5ccccc5-c5c4ccc4ccccc54)CC=C3)c(CN)cc2=CC1. The van der Waals surface area contributed by atoms with Crippen LogP contribution < -0.4 is 16.2 Å². The summed E-state index contributed by atoms with van der Waals surface area (Å²) in [5.74, 6) is 0.554. The van der Waals surface area contributed by atoms with Crippen molar-refractivity contribution in [1.29, 1.82) is 0 Å². The maximum Gasteiger partial charge on any atom is 0.0679 e. The highest BCUT2D eigenvalue weighted by Gasteiger charge is 2.47. The van der Waals surface area contributed by atoms with Crippen LogP contribution in [0.15, 0.2) is 133 Å². The van der Waals surface area contributed by atoms with E-state index in [1.54, 1.807) is 0 Å². The van der Waals surface area contributed by atoms with Crippen molar-refractivity contribution in [3.05, 3.63) is 171 Å². The summed E-state index contributed by atoms with van der Waals surface area (Å²) >= 11 is 0. The Hall–Kier alpha value is -4.72. The topological polar surface area (TPSA) is 26.0 Å². The number of fused-ring (bicyclic) bond motifs is 6. The van der Waals surface area contributed by atoms with Crippen molar-refractivity contribution in [1.82, 2.24) is 0 Å². The van der Waals surface area contributed by atoms with Crippen LogP contribution >= 0.6 is 0 Å². The first-order valence-electron chi connectivity index (χ1n) is 15.5. The second kappa shape index (κ2) is 10.2. The molecule has 8 rings (SSSR count). The molecule has 0 fully saturated rings. The molecule has 0 bridgehead atoms. The molecule has 0 saturated heterocycles. The Balaban J connectivity index is 1.40. The van der Waals surface area contributed by atoms with Crippen molar-refractivity contribution < 1.29 is 0 Å². The number of hydrogen-bond donors (Lipinski definition) is 1. The molecule has 2 atom stereocenters. The largest absolute Gasteiger partial charge is 0.326 e. The van der Waals surface area contributed by atoms with Gasteiger partial charge in [0.2, 0.25) is 0 Å². The van der Waals surface area contributed by atoms with Crippen LogP contribution in [0.1, 0.15) is 47.6 Å². The lowest BCUT2D eigenvalue weighted by Crippen LogP contribution is -2.30. The summed E-state index contributed by atoms with van der Waals surface area (Å²) in [5.41, 5.74) is 17.7. The minimum Gasteiger partial charge on any atom is -0.326 e. The van der Waals surface area contributed by atoms with Crippen molar-refractivity contribution in [3.8, 4) is 11.1 Å². The molecule has 2 N–H and O–H groups in total. The summed E-state index contributed by atoms with van der Waals surface area (Å²) in [6, 6.07) is 38.3. The van der Waals surface area contributed by atoms with Crippen LogP contribution in [0.5, 0.6) is 0 Å². The molecule has 0 radical (unpaired) electrons. The Morgan fingerprint density at radius 2 is 1.58 bits per heavy atom. The zero-order chi connectivity index (χ0) is 29.0. The molecule has 0 aromatic heterocycles. The van der Waals surface area contributed by atoms with Crippen LogP contribution in [-0.2, 0) is 12.0 Å². The molecule has 1 heteroatoms. The first-order chi connectivity index (χ1) is 21.2. The van der Waals surface area contributed by atoms with E-state index >= 15 is 0 Å². The van der Waals surface area contributed by atoms with E-state index in [-0.39, 0.29) is 0 Å². The summed E-state index contributed by atoms with van der Waals surface area (Å²) in [6.07, 6.45) is 16.1. The second-order valence-electron chi connectivity index (χ2n) is 12.2. The Labute approximate surface area is 253 Å². The van der Waals surface area contributed by atoms with Gasteiger partial charge in [0, 0.05) is 6.54 Å². The van der Waals surface area contributed by atoms with Crippen molar-refractivity contribution in [2.24, 2.45) is 11.7 Å². The van der Waals surface area contributed by atoms with Crippen LogP contribution in [0.3, 0.4) is 0 Å². The zero-order valence-corrected chi connectivity index (χ0v) is 24.6. The molecule has 3 aliphatic carbocycles. The van der Waals surface area contributed by atoms with E-state index in [4.69, 9.17) is 5.73 Å². The van der Waals surface area contributed by atoms with E-state index in [1.807, 2.05) is 0 Å². The van der Waals surface area contributed by atoms with E-state index in [0.717, 1.165) is 12.8 Å². The molecule has 0 amide bonds. The van der Waals surface area contributed by atoms with Gasteiger partial charge in [-0.3, -0.25) is 0 Å². The predicted molar refractivity (Wildman–Crippen MR) is 182 cm³/mol. The second-order valence-corrected chi connectivity index (χ2v) is 12.2. The van der Waals surface area contributed by atoms with Crippen LogP contribution in [0, 0.1) is 5.92 Å². The Bertz CT molecular complexity index is 2130. The number of benzene rings is 5. The summed E-state index contributed by atoms with van der Waals surface area (Å²) in [6.45, 7) is 2.81. The molecule has 0 heterocycles. The Kier molecular flexibility index (Phi) is 6.17. The van der Waals surface area contributed by atoms with Crippen molar-refractivity contribution in [3.63, 3.8) is 0 Å². The highest BCUT2D eigenvalue weighted by Crippen LogP contribution is 2.58. The minimum absolute atomic E-state index is 0.391.